The van der Waals surface area contributed by atoms with Crippen LogP contribution in [-0.4, -0.2) is 10.7 Å². The average Bonchev–Trinajstić information content (AvgIpc) is 2.85. The number of ether oxygens (including phenoxy) is 1. The molecule has 1 N–H and O–H groups in total. The standard InChI is InChI=1S/C15H18BrClN2O2/c1-15(2,3)18-8-11-7-12(21-19-11)9-20-14-6-10(16)4-5-13(14)17/h4-7,18H,8-9H2,1-3H3. The number of rotatable bonds is 5. The van der Waals surface area contributed by atoms with E-state index in [4.69, 9.17) is 20.9 Å². The molecule has 21 heavy (non-hydrogen) atoms. The lowest BCUT2D eigenvalue weighted by Gasteiger charge is -2.19. The minimum Gasteiger partial charge on any atom is -0.484 e. The number of nitrogens with zero attached hydrogens (tertiary/aromatic N) is 1. The van der Waals surface area contributed by atoms with Gasteiger partial charge in [-0.1, -0.05) is 32.7 Å². The molecule has 0 fully saturated rings. The molecule has 0 aliphatic carbocycles. The molecule has 0 unspecified atom stereocenters. The van der Waals surface area contributed by atoms with Crippen LogP contribution in [0.4, 0.5) is 0 Å². The first-order chi connectivity index (χ1) is 9.83. The summed E-state index contributed by atoms with van der Waals surface area (Å²) in [6.45, 7) is 7.26. The van der Waals surface area contributed by atoms with Gasteiger partial charge in [-0.05, 0) is 39.0 Å². The molecule has 0 saturated carbocycles. The number of aromatic nitrogens is 1. The van der Waals surface area contributed by atoms with Crippen LogP contribution in [0.15, 0.2) is 33.3 Å². The summed E-state index contributed by atoms with van der Waals surface area (Å²) in [5, 5.41) is 7.93. The van der Waals surface area contributed by atoms with E-state index in [2.05, 4.69) is 47.2 Å². The van der Waals surface area contributed by atoms with E-state index in [1.165, 1.54) is 0 Å². The summed E-state index contributed by atoms with van der Waals surface area (Å²) in [7, 11) is 0. The van der Waals surface area contributed by atoms with E-state index in [9.17, 15) is 0 Å². The normalized spacial score (nSPS) is 11.7. The topological polar surface area (TPSA) is 47.3 Å². The molecule has 0 aliphatic rings. The molecule has 0 radical (unpaired) electrons. The Morgan fingerprint density at radius 2 is 2.10 bits per heavy atom. The van der Waals surface area contributed by atoms with Gasteiger partial charge in [-0.25, -0.2) is 0 Å². The summed E-state index contributed by atoms with van der Waals surface area (Å²) in [5.41, 5.74) is 0.892. The third-order valence-corrected chi connectivity index (χ3v) is 3.48. The summed E-state index contributed by atoms with van der Waals surface area (Å²) in [6.07, 6.45) is 0. The molecule has 0 atom stereocenters. The second-order valence-electron chi connectivity index (χ2n) is 5.75. The Morgan fingerprint density at radius 1 is 1.33 bits per heavy atom. The molecule has 0 spiro atoms. The minimum absolute atomic E-state index is 0.0411. The third-order valence-electron chi connectivity index (χ3n) is 2.67. The smallest absolute Gasteiger partial charge is 0.174 e. The van der Waals surface area contributed by atoms with E-state index in [0.717, 1.165) is 10.2 Å². The highest BCUT2D eigenvalue weighted by molar-refractivity contribution is 9.10. The second-order valence-corrected chi connectivity index (χ2v) is 7.07. The zero-order valence-electron chi connectivity index (χ0n) is 12.2. The predicted octanol–water partition coefficient (Wildman–Crippen LogP) is 4.56. The molecule has 0 saturated heterocycles. The Morgan fingerprint density at radius 3 is 2.81 bits per heavy atom. The van der Waals surface area contributed by atoms with Crippen molar-refractivity contribution in [3.63, 3.8) is 0 Å². The number of hydrogen-bond acceptors (Lipinski definition) is 4. The highest BCUT2D eigenvalue weighted by Gasteiger charge is 2.11. The molecule has 6 heteroatoms. The molecule has 2 rings (SSSR count). The van der Waals surface area contributed by atoms with Crippen LogP contribution in [0.3, 0.4) is 0 Å². The molecular formula is C15H18BrClN2O2. The maximum absolute atomic E-state index is 6.07. The van der Waals surface area contributed by atoms with Crippen LogP contribution in [0.1, 0.15) is 32.2 Å². The van der Waals surface area contributed by atoms with Crippen molar-refractivity contribution in [2.75, 3.05) is 0 Å². The van der Waals surface area contributed by atoms with Gasteiger partial charge in [0.15, 0.2) is 5.76 Å². The lowest BCUT2D eigenvalue weighted by molar-refractivity contribution is 0.248. The average molecular weight is 374 g/mol. The fourth-order valence-corrected chi connectivity index (χ4v) is 2.11. The fourth-order valence-electron chi connectivity index (χ4n) is 1.60. The minimum atomic E-state index is 0.0411. The van der Waals surface area contributed by atoms with Crippen molar-refractivity contribution >= 4 is 27.5 Å². The molecule has 1 heterocycles. The Labute approximate surface area is 137 Å². The second kappa shape index (κ2) is 6.81. The van der Waals surface area contributed by atoms with Crippen molar-refractivity contribution in [1.82, 2.24) is 10.5 Å². The first-order valence-corrected chi connectivity index (χ1v) is 7.78. The maximum atomic E-state index is 6.07. The van der Waals surface area contributed by atoms with Gasteiger partial charge in [0.2, 0.25) is 0 Å². The summed E-state index contributed by atoms with van der Waals surface area (Å²) in [6, 6.07) is 7.34. The third kappa shape index (κ3) is 5.34. The van der Waals surface area contributed by atoms with E-state index in [-0.39, 0.29) is 5.54 Å². The first-order valence-electron chi connectivity index (χ1n) is 6.61. The van der Waals surface area contributed by atoms with E-state index >= 15 is 0 Å². The highest BCUT2D eigenvalue weighted by Crippen LogP contribution is 2.28. The van der Waals surface area contributed by atoms with Gasteiger partial charge in [-0.2, -0.15) is 0 Å². The Bertz CT molecular complexity index is 608. The van der Waals surface area contributed by atoms with Crippen molar-refractivity contribution in [1.29, 1.82) is 0 Å². The van der Waals surface area contributed by atoms with Gasteiger partial charge in [0, 0.05) is 22.6 Å². The summed E-state index contributed by atoms with van der Waals surface area (Å²) in [4.78, 5) is 0. The SMILES string of the molecule is CC(C)(C)NCc1cc(COc2cc(Br)ccc2Cl)on1. The van der Waals surface area contributed by atoms with Crippen LogP contribution in [-0.2, 0) is 13.2 Å². The largest absolute Gasteiger partial charge is 0.484 e. The number of benzene rings is 1. The molecular weight excluding hydrogens is 356 g/mol. The fraction of sp³-hybridized carbons (Fsp3) is 0.400. The maximum Gasteiger partial charge on any atom is 0.174 e. The molecule has 4 nitrogen and oxygen atoms in total. The van der Waals surface area contributed by atoms with Gasteiger partial charge < -0.3 is 14.6 Å². The van der Waals surface area contributed by atoms with Crippen LogP contribution in [0.2, 0.25) is 5.02 Å². The zero-order valence-corrected chi connectivity index (χ0v) is 14.6. The molecule has 114 valence electrons. The van der Waals surface area contributed by atoms with Gasteiger partial charge in [-0.3, -0.25) is 0 Å². The monoisotopic (exact) mass is 372 g/mol. The van der Waals surface area contributed by atoms with Gasteiger partial charge in [0.1, 0.15) is 12.4 Å². The molecule has 0 amide bonds. The highest BCUT2D eigenvalue weighted by atomic mass is 79.9. The first kappa shape index (κ1) is 16.3. The summed E-state index contributed by atoms with van der Waals surface area (Å²) in [5.74, 6) is 1.27. The Hall–Kier alpha value is -1.04. The van der Waals surface area contributed by atoms with Crippen LogP contribution in [0, 0.1) is 0 Å². The van der Waals surface area contributed by atoms with Crippen molar-refractivity contribution < 1.29 is 9.26 Å². The van der Waals surface area contributed by atoms with Gasteiger partial charge in [0.05, 0.1) is 10.7 Å². The van der Waals surface area contributed by atoms with E-state index in [1.807, 2.05) is 18.2 Å². The lowest BCUT2D eigenvalue weighted by Crippen LogP contribution is -2.35. The van der Waals surface area contributed by atoms with Crippen LogP contribution >= 0.6 is 27.5 Å². The van der Waals surface area contributed by atoms with E-state index in [0.29, 0.717) is 29.7 Å². The van der Waals surface area contributed by atoms with Crippen molar-refractivity contribution in [2.24, 2.45) is 0 Å². The van der Waals surface area contributed by atoms with E-state index < -0.39 is 0 Å². The zero-order chi connectivity index (χ0) is 15.5. The summed E-state index contributed by atoms with van der Waals surface area (Å²) >= 11 is 9.45. The van der Waals surface area contributed by atoms with Crippen LogP contribution < -0.4 is 10.1 Å². The van der Waals surface area contributed by atoms with Gasteiger partial charge in [0.25, 0.3) is 0 Å². The van der Waals surface area contributed by atoms with Crippen LogP contribution in [0.5, 0.6) is 5.75 Å². The summed E-state index contributed by atoms with van der Waals surface area (Å²) < 4.78 is 11.8. The molecule has 1 aromatic heterocycles. The molecule has 0 aliphatic heterocycles. The van der Waals surface area contributed by atoms with Crippen molar-refractivity contribution in [2.45, 2.75) is 39.5 Å². The predicted molar refractivity (Wildman–Crippen MR) is 86.6 cm³/mol. The van der Waals surface area contributed by atoms with Gasteiger partial charge in [-0.15, -0.1) is 0 Å². The van der Waals surface area contributed by atoms with Crippen LogP contribution in [0.25, 0.3) is 0 Å². The quantitative estimate of drug-likeness (QED) is 0.835. The molecule has 1 aromatic carbocycles. The Balaban J connectivity index is 1.92. The lowest BCUT2D eigenvalue weighted by atomic mass is 10.1. The van der Waals surface area contributed by atoms with Gasteiger partial charge >= 0.3 is 0 Å². The van der Waals surface area contributed by atoms with Crippen molar-refractivity contribution in [3.05, 3.63) is 45.2 Å². The van der Waals surface area contributed by atoms with E-state index in [1.54, 1.807) is 6.07 Å². The number of hydrogen-bond donors (Lipinski definition) is 1. The molecule has 2 aromatic rings. The number of halogens is 2. The van der Waals surface area contributed by atoms with Crippen molar-refractivity contribution in [3.8, 4) is 5.75 Å². The Kier molecular flexibility index (Phi) is 5.30. The number of nitrogens with one attached hydrogen (secondary N) is 1. The molecule has 0 bridgehead atoms.